The summed E-state index contributed by atoms with van der Waals surface area (Å²) in [5.74, 6) is 0.152. The van der Waals surface area contributed by atoms with E-state index < -0.39 is 0 Å². The summed E-state index contributed by atoms with van der Waals surface area (Å²) in [6.07, 6.45) is 0. The van der Waals surface area contributed by atoms with Crippen molar-refractivity contribution in [2.24, 2.45) is 5.41 Å². The summed E-state index contributed by atoms with van der Waals surface area (Å²) in [6, 6.07) is 3.53. The van der Waals surface area contributed by atoms with Crippen LogP contribution >= 0.6 is 22.9 Å². The zero-order valence-corrected chi connectivity index (χ0v) is 8.92. The van der Waals surface area contributed by atoms with Crippen LogP contribution in [0.4, 0.5) is 0 Å². The highest BCUT2D eigenvalue weighted by Crippen LogP contribution is 2.28. The number of carbonyl (C=O) groups is 1. The third kappa shape index (κ3) is 2.08. The van der Waals surface area contributed by atoms with Gasteiger partial charge in [-0.1, -0.05) is 32.4 Å². The molecule has 3 heteroatoms. The van der Waals surface area contributed by atoms with Gasteiger partial charge in [0.2, 0.25) is 0 Å². The second-order valence-corrected chi connectivity index (χ2v) is 5.40. The molecule has 1 nitrogen and oxygen atoms in total. The van der Waals surface area contributed by atoms with Crippen LogP contribution in [0.2, 0.25) is 4.34 Å². The summed E-state index contributed by atoms with van der Waals surface area (Å²) < 4.78 is 0.669. The summed E-state index contributed by atoms with van der Waals surface area (Å²) in [5.41, 5.74) is -0.311. The standard InChI is InChI=1S/C9H11ClOS/c1-9(2,3)8(11)6-4-5-7(10)12-6/h4-5H,1-3H3. The van der Waals surface area contributed by atoms with Gasteiger partial charge >= 0.3 is 0 Å². The third-order valence-electron chi connectivity index (χ3n) is 1.48. The number of hydrogen-bond donors (Lipinski definition) is 0. The van der Waals surface area contributed by atoms with Crippen molar-refractivity contribution >= 4 is 28.7 Å². The van der Waals surface area contributed by atoms with E-state index >= 15 is 0 Å². The van der Waals surface area contributed by atoms with E-state index in [4.69, 9.17) is 11.6 Å². The van der Waals surface area contributed by atoms with Crippen molar-refractivity contribution in [3.05, 3.63) is 21.3 Å². The Morgan fingerprint density at radius 3 is 2.33 bits per heavy atom. The lowest BCUT2D eigenvalue weighted by molar-refractivity contribution is 0.0863. The van der Waals surface area contributed by atoms with Gasteiger partial charge in [0.05, 0.1) is 9.21 Å². The van der Waals surface area contributed by atoms with Gasteiger partial charge in [-0.3, -0.25) is 4.79 Å². The van der Waals surface area contributed by atoms with Gasteiger partial charge in [0.15, 0.2) is 5.78 Å². The SMILES string of the molecule is CC(C)(C)C(=O)c1ccc(Cl)s1. The van der Waals surface area contributed by atoms with Crippen LogP contribution in [0.1, 0.15) is 30.4 Å². The van der Waals surface area contributed by atoms with Gasteiger partial charge in [0.25, 0.3) is 0 Å². The molecule has 1 rings (SSSR count). The third-order valence-corrected chi connectivity index (χ3v) is 2.71. The molecular weight excluding hydrogens is 192 g/mol. The second-order valence-electron chi connectivity index (χ2n) is 3.68. The number of Topliss-reactive ketones (excluding diaryl/α,β-unsaturated/α-hetero) is 1. The second kappa shape index (κ2) is 3.19. The normalized spacial score (nSPS) is 11.7. The molecule has 0 aliphatic heterocycles. The van der Waals surface area contributed by atoms with Gasteiger partial charge in [0.1, 0.15) is 0 Å². The fourth-order valence-electron chi connectivity index (χ4n) is 0.806. The monoisotopic (exact) mass is 202 g/mol. The molecule has 1 heterocycles. The fourth-order valence-corrected chi connectivity index (χ4v) is 2.00. The Morgan fingerprint density at radius 1 is 1.42 bits per heavy atom. The van der Waals surface area contributed by atoms with Gasteiger partial charge in [-0.05, 0) is 12.1 Å². The Labute approximate surface area is 81.4 Å². The zero-order valence-electron chi connectivity index (χ0n) is 7.35. The van der Waals surface area contributed by atoms with E-state index in [1.165, 1.54) is 11.3 Å². The minimum atomic E-state index is -0.311. The average Bonchev–Trinajstić information content (AvgIpc) is 2.32. The molecule has 0 unspecified atom stereocenters. The van der Waals surface area contributed by atoms with Crippen LogP contribution in [-0.2, 0) is 0 Å². The van der Waals surface area contributed by atoms with E-state index in [9.17, 15) is 4.79 Å². The van der Waals surface area contributed by atoms with Gasteiger partial charge in [0, 0.05) is 5.41 Å². The fraction of sp³-hybridized carbons (Fsp3) is 0.444. The highest BCUT2D eigenvalue weighted by atomic mass is 35.5. The van der Waals surface area contributed by atoms with E-state index in [0.29, 0.717) is 4.34 Å². The average molecular weight is 203 g/mol. The van der Waals surface area contributed by atoms with Crippen LogP contribution in [-0.4, -0.2) is 5.78 Å². The molecule has 0 fully saturated rings. The first-order valence-corrected chi connectivity index (χ1v) is 4.91. The molecule has 1 aromatic rings. The van der Waals surface area contributed by atoms with Crippen molar-refractivity contribution in [3.63, 3.8) is 0 Å². The lowest BCUT2D eigenvalue weighted by Gasteiger charge is -2.14. The number of hydrogen-bond acceptors (Lipinski definition) is 2. The highest BCUT2D eigenvalue weighted by molar-refractivity contribution is 7.18. The molecule has 0 N–H and O–H groups in total. The number of thiophene rings is 1. The summed E-state index contributed by atoms with van der Waals surface area (Å²) in [5, 5.41) is 0. The molecule has 0 atom stereocenters. The van der Waals surface area contributed by atoms with Gasteiger partial charge in [-0.15, -0.1) is 11.3 Å². The predicted molar refractivity (Wildman–Crippen MR) is 53.1 cm³/mol. The summed E-state index contributed by atoms with van der Waals surface area (Å²) in [6.45, 7) is 5.72. The first-order chi connectivity index (χ1) is 5.41. The minimum absolute atomic E-state index is 0.152. The number of rotatable bonds is 1. The molecule has 12 heavy (non-hydrogen) atoms. The lowest BCUT2D eigenvalue weighted by Crippen LogP contribution is -2.18. The smallest absolute Gasteiger partial charge is 0.178 e. The van der Waals surface area contributed by atoms with E-state index in [0.717, 1.165) is 4.88 Å². The molecule has 0 aliphatic carbocycles. The van der Waals surface area contributed by atoms with Crippen molar-refractivity contribution in [2.75, 3.05) is 0 Å². The molecule has 0 radical (unpaired) electrons. The molecule has 0 bridgehead atoms. The first kappa shape index (κ1) is 9.75. The van der Waals surface area contributed by atoms with E-state index in [1.54, 1.807) is 12.1 Å². The number of ketones is 1. The van der Waals surface area contributed by atoms with Crippen LogP contribution in [0.15, 0.2) is 12.1 Å². The highest BCUT2D eigenvalue weighted by Gasteiger charge is 2.23. The molecule has 0 spiro atoms. The first-order valence-electron chi connectivity index (χ1n) is 3.71. The molecule has 0 aromatic carbocycles. The zero-order chi connectivity index (χ0) is 9.35. The number of halogens is 1. The summed E-state index contributed by atoms with van der Waals surface area (Å²) in [4.78, 5) is 12.4. The van der Waals surface area contributed by atoms with E-state index in [-0.39, 0.29) is 11.2 Å². The Balaban J connectivity index is 2.93. The Hall–Kier alpha value is -0.340. The molecular formula is C9H11ClOS. The quantitative estimate of drug-likeness (QED) is 0.636. The van der Waals surface area contributed by atoms with Gasteiger partial charge < -0.3 is 0 Å². The molecule has 66 valence electrons. The van der Waals surface area contributed by atoms with Crippen molar-refractivity contribution in [1.29, 1.82) is 0 Å². The Kier molecular flexibility index (Phi) is 2.59. The van der Waals surface area contributed by atoms with Crippen molar-refractivity contribution in [1.82, 2.24) is 0 Å². The maximum Gasteiger partial charge on any atom is 0.178 e. The topological polar surface area (TPSA) is 17.1 Å². The molecule has 0 amide bonds. The molecule has 0 aliphatic rings. The summed E-state index contributed by atoms with van der Waals surface area (Å²) in [7, 11) is 0. The lowest BCUT2D eigenvalue weighted by atomic mass is 9.90. The maximum atomic E-state index is 11.6. The van der Waals surface area contributed by atoms with Crippen LogP contribution in [0.25, 0.3) is 0 Å². The van der Waals surface area contributed by atoms with Crippen LogP contribution in [0.3, 0.4) is 0 Å². The molecule has 1 aromatic heterocycles. The van der Waals surface area contributed by atoms with Crippen LogP contribution in [0, 0.1) is 5.41 Å². The van der Waals surface area contributed by atoms with Crippen LogP contribution in [0.5, 0.6) is 0 Å². The van der Waals surface area contributed by atoms with Gasteiger partial charge in [-0.2, -0.15) is 0 Å². The molecule has 0 saturated heterocycles. The molecule has 0 saturated carbocycles. The largest absolute Gasteiger partial charge is 0.293 e. The summed E-state index contributed by atoms with van der Waals surface area (Å²) >= 11 is 7.06. The van der Waals surface area contributed by atoms with E-state index in [2.05, 4.69) is 0 Å². The van der Waals surface area contributed by atoms with Crippen LogP contribution < -0.4 is 0 Å². The Morgan fingerprint density at radius 2 is 2.00 bits per heavy atom. The minimum Gasteiger partial charge on any atom is -0.293 e. The predicted octanol–water partition coefficient (Wildman–Crippen LogP) is 3.63. The maximum absolute atomic E-state index is 11.6. The van der Waals surface area contributed by atoms with Gasteiger partial charge in [-0.25, -0.2) is 0 Å². The van der Waals surface area contributed by atoms with Crippen molar-refractivity contribution in [2.45, 2.75) is 20.8 Å². The Bertz CT molecular complexity index is 296. The van der Waals surface area contributed by atoms with E-state index in [1.807, 2.05) is 20.8 Å². The number of carbonyl (C=O) groups excluding carboxylic acids is 1. The van der Waals surface area contributed by atoms with Crippen molar-refractivity contribution < 1.29 is 4.79 Å². The van der Waals surface area contributed by atoms with Crippen molar-refractivity contribution in [3.8, 4) is 0 Å².